The zero-order valence-corrected chi connectivity index (χ0v) is 39.5. The van der Waals surface area contributed by atoms with Crippen molar-refractivity contribution in [3.63, 3.8) is 0 Å². The number of rotatable bonds is 15. The number of fused-ring (bicyclic) bond motifs is 2. The van der Waals surface area contributed by atoms with Gasteiger partial charge in [-0.25, -0.2) is 27.0 Å². The minimum atomic E-state index is -3.71. The van der Waals surface area contributed by atoms with Crippen LogP contribution in [-0.2, 0) is 28.1 Å². The fourth-order valence-corrected chi connectivity index (χ4v) is 10.7. The number of carbonyl (C=O) groups is 4. The number of aromatic nitrogens is 3. The number of hydrogen-bond donors (Lipinski definition) is 1. The van der Waals surface area contributed by atoms with E-state index in [4.69, 9.17) is 14.2 Å². The van der Waals surface area contributed by atoms with Gasteiger partial charge < -0.3 is 19.1 Å². The molecule has 3 saturated heterocycles. The Morgan fingerprint density at radius 2 is 1.64 bits per heavy atom. The SMILES string of the molecule is CCOc1cc([C@@H](CS(C)(=O)=O)N2C(=O)c3ccnc(N4CCN(C5CCN(CCc6ccc(Oc7ccc8c(N9CCC(=O)NC9=O)nn(C)c8c7)cc6)CC5(F)F)CC4)c3C2=O)ccc1OC. The number of sulfone groups is 1. The van der Waals surface area contributed by atoms with Crippen LogP contribution in [0.1, 0.15) is 57.7 Å². The molecule has 0 saturated carbocycles. The van der Waals surface area contributed by atoms with Crippen LogP contribution < -0.4 is 29.3 Å². The monoisotopic (exact) mass is 969 g/mol. The molecule has 21 heteroatoms. The van der Waals surface area contributed by atoms with E-state index in [0.717, 1.165) is 27.6 Å². The number of alkyl halides is 2. The highest BCUT2D eigenvalue weighted by Crippen LogP contribution is 2.40. The summed E-state index contributed by atoms with van der Waals surface area (Å²) >= 11 is 0. The van der Waals surface area contributed by atoms with Crippen molar-refractivity contribution in [3.05, 3.63) is 95.2 Å². The summed E-state index contributed by atoms with van der Waals surface area (Å²) in [5.41, 5.74) is 2.23. The Balaban J connectivity index is 0.794. The van der Waals surface area contributed by atoms with Gasteiger partial charge >= 0.3 is 6.03 Å². The van der Waals surface area contributed by atoms with Crippen LogP contribution in [0, 0.1) is 0 Å². The molecule has 5 amide bonds. The lowest BCUT2D eigenvalue weighted by molar-refractivity contribution is -0.127. The molecule has 1 N–H and O–H groups in total. The summed E-state index contributed by atoms with van der Waals surface area (Å²) in [6.07, 6.45) is 3.49. The molecule has 2 aromatic heterocycles. The molecule has 5 aromatic rings. The Morgan fingerprint density at radius 1 is 0.884 bits per heavy atom. The first-order chi connectivity index (χ1) is 33.0. The number of nitrogens with zero attached hydrogens (tertiary/aromatic N) is 8. The van der Waals surface area contributed by atoms with Crippen molar-refractivity contribution in [1.82, 2.24) is 34.8 Å². The zero-order valence-electron chi connectivity index (χ0n) is 38.7. The second kappa shape index (κ2) is 19.0. The summed E-state index contributed by atoms with van der Waals surface area (Å²) in [6.45, 7) is 4.02. The number of urea groups is 1. The molecule has 18 nitrogen and oxygen atoms in total. The fourth-order valence-electron chi connectivity index (χ4n) is 9.76. The van der Waals surface area contributed by atoms with E-state index in [-0.39, 0.29) is 75.0 Å². The van der Waals surface area contributed by atoms with Crippen molar-refractivity contribution in [2.45, 2.75) is 44.2 Å². The highest BCUT2D eigenvalue weighted by molar-refractivity contribution is 7.90. The van der Waals surface area contributed by atoms with Crippen LogP contribution in [0.4, 0.5) is 25.2 Å². The third-order valence-electron chi connectivity index (χ3n) is 13.1. The molecule has 0 bridgehead atoms. The Morgan fingerprint density at radius 3 is 2.33 bits per heavy atom. The van der Waals surface area contributed by atoms with Gasteiger partial charge in [0.25, 0.3) is 17.7 Å². The van der Waals surface area contributed by atoms with Gasteiger partial charge in [0.05, 0.1) is 54.7 Å². The average molecular weight is 970 g/mol. The Hall–Kier alpha value is -6.71. The van der Waals surface area contributed by atoms with Gasteiger partial charge in [-0.2, -0.15) is 5.10 Å². The molecule has 364 valence electrons. The summed E-state index contributed by atoms with van der Waals surface area (Å²) in [5.74, 6) is -2.57. The summed E-state index contributed by atoms with van der Waals surface area (Å²) in [6, 6.07) is 16.5. The standard InChI is InChI=1S/C48H53F2N9O9S/c1-5-67-39-26-31(8-13-38(39)66-3)37(28-69(4,64)65)59-45(61)35-14-18-51-44(42(35)46(59)62)57-24-22-56(23-25-57)40-16-20-55(29-48(40,49)50)19-15-30-6-9-32(10-7-30)68-33-11-12-34-36(27-33)54(2)53-43(34)58-21-17-41(60)52-47(58)63/h6-14,18,26-27,37,40H,5,15-17,19-25,28-29H2,1-4H3,(H,52,60,63)/t37-,40?/m1/s1. The highest BCUT2D eigenvalue weighted by Gasteiger charge is 2.49. The zero-order chi connectivity index (χ0) is 48.8. The van der Waals surface area contributed by atoms with Gasteiger partial charge in [0.1, 0.15) is 27.2 Å². The van der Waals surface area contributed by atoms with E-state index in [1.165, 1.54) is 24.3 Å². The quantitative estimate of drug-likeness (QED) is 0.137. The van der Waals surface area contributed by atoms with E-state index < -0.39 is 51.4 Å². The molecule has 9 rings (SSSR count). The van der Waals surface area contributed by atoms with Crippen LogP contribution in [0.3, 0.4) is 0 Å². The number of ether oxygens (including phenoxy) is 3. The van der Waals surface area contributed by atoms with E-state index in [2.05, 4.69) is 15.4 Å². The number of likely N-dealkylation sites (tertiary alicyclic amines) is 1. The van der Waals surface area contributed by atoms with Gasteiger partial charge in [-0.15, -0.1) is 0 Å². The van der Waals surface area contributed by atoms with Crippen LogP contribution in [0.5, 0.6) is 23.0 Å². The van der Waals surface area contributed by atoms with Gasteiger partial charge in [-0.1, -0.05) is 18.2 Å². The maximum Gasteiger partial charge on any atom is 0.329 e. The van der Waals surface area contributed by atoms with Crippen LogP contribution in [0.15, 0.2) is 72.9 Å². The number of piperazine rings is 1. The molecule has 3 aromatic carbocycles. The second-order valence-electron chi connectivity index (χ2n) is 17.7. The number of halogens is 2. The minimum absolute atomic E-state index is 0.0542. The topological polar surface area (TPSA) is 189 Å². The molecule has 6 heterocycles. The van der Waals surface area contributed by atoms with Crippen LogP contribution in [-0.4, -0.2) is 152 Å². The number of aryl methyl sites for hydroxylation is 1. The molecular formula is C48H53F2N9O9S. The lowest BCUT2D eigenvalue weighted by Gasteiger charge is -2.46. The highest BCUT2D eigenvalue weighted by atomic mass is 32.2. The molecule has 4 aliphatic heterocycles. The predicted molar refractivity (Wildman–Crippen MR) is 251 cm³/mol. The summed E-state index contributed by atoms with van der Waals surface area (Å²) < 4.78 is 76.4. The van der Waals surface area contributed by atoms with Gasteiger partial charge in [0, 0.05) is 83.2 Å². The molecule has 69 heavy (non-hydrogen) atoms. The molecule has 4 aliphatic rings. The van der Waals surface area contributed by atoms with Gasteiger partial charge in [-0.3, -0.25) is 44.0 Å². The number of pyridine rings is 1. The normalized spacial score (nSPS) is 19.5. The summed E-state index contributed by atoms with van der Waals surface area (Å²) in [5, 5.41) is 7.58. The van der Waals surface area contributed by atoms with Crippen LogP contribution in [0.2, 0.25) is 0 Å². The second-order valence-corrected chi connectivity index (χ2v) is 19.9. The molecule has 0 aliphatic carbocycles. The van der Waals surface area contributed by atoms with Gasteiger partial charge in [0.2, 0.25) is 5.91 Å². The fraction of sp³-hybridized carbons (Fsp3) is 0.417. The number of nitrogens with one attached hydrogen (secondary N) is 1. The summed E-state index contributed by atoms with van der Waals surface area (Å²) in [7, 11) is -0.477. The number of piperidine rings is 1. The Kier molecular flexibility index (Phi) is 13.0. The number of imide groups is 2. The van der Waals surface area contributed by atoms with E-state index in [0.29, 0.717) is 60.5 Å². The maximum atomic E-state index is 16.0. The van der Waals surface area contributed by atoms with Crippen molar-refractivity contribution >= 4 is 56.1 Å². The average Bonchev–Trinajstić information content (AvgIpc) is 3.78. The van der Waals surface area contributed by atoms with E-state index >= 15 is 8.78 Å². The number of benzene rings is 3. The third kappa shape index (κ3) is 9.67. The number of methoxy groups -OCH3 is 1. The predicted octanol–water partition coefficient (Wildman–Crippen LogP) is 5.07. The first kappa shape index (κ1) is 47.4. The van der Waals surface area contributed by atoms with Crippen molar-refractivity contribution in [2.24, 2.45) is 7.05 Å². The Bertz CT molecular complexity index is 2930. The first-order valence-electron chi connectivity index (χ1n) is 22.8. The lowest BCUT2D eigenvalue weighted by atomic mass is 9.97. The summed E-state index contributed by atoms with van der Waals surface area (Å²) in [4.78, 5) is 64.8. The molecule has 1 unspecified atom stereocenters. The number of anilines is 2. The van der Waals surface area contributed by atoms with Crippen LogP contribution >= 0.6 is 0 Å². The van der Waals surface area contributed by atoms with E-state index in [1.54, 1.807) is 52.7 Å². The largest absolute Gasteiger partial charge is 0.493 e. The minimum Gasteiger partial charge on any atom is -0.493 e. The van der Waals surface area contributed by atoms with Crippen molar-refractivity contribution < 1.29 is 50.6 Å². The molecule has 0 radical (unpaired) electrons. The lowest BCUT2D eigenvalue weighted by Crippen LogP contribution is -2.62. The molecular weight excluding hydrogens is 917 g/mol. The number of carbonyl (C=O) groups excluding carboxylic acids is 4. The van der Waals surface area contributed by atoms with E-state index in [9.17, 15) is 27.6 Å². The van der Waals surface area contributed by atoms with Crippen molar-refractivity contribution in [1.29, 1.82) is 0 Å². The Labute approximate surface area is 397 Å². The molecule has 0 spiro atoms. The smallest absolute Gasteiger partial charge is 0.329 e. The first-order valence-corrected chi connectivity index (χ1v) is 24.9. The van der Waals surface area contributed by atoms with Gasteiger partial charge in [-0.05, 0) is 73.4 Å². The van der Waals surface area contributed by atoms with Gasteiger partial charge in [0.15, 0.2) is 17.3 Å². The van der Waals surface area contributed by atoms with Crippen molar-refractivity contribution in [2.75, 3.05) is 87.9 Å². The van der Waals surface area contributed by atoms with E-state index in [1.807, 2.05) is 41.3 Å². The number of hydrogen-bond acceptors (Lipinski definition) is 14. The maximum absolute atomic E-state index is 16.0. The van der Waals surface area contributed by atoms with Crippen LogP contribution in [0.25, 0.3) is 10.9 Å². The molecule has 3 fully saturated rings. The number of amides is 5. The van der Waals surface area contributed by atoms with Crippen molar-refractivity contribution in [3.8, 4) is 23.0 Å². The molecule has 2 atom stereocenters. The third-order valence-corrected chi connectivity index (χ3v) is 14.1.